The molecule has 0 amide bonds. The minimum absolute atomic E-state index is 0.357. The summed E-state index contributed by atoms with van der Waals surface area (Å²) in [7, 11) is 0.128. The summed E-state index contributed by atoms with van der Waals surface area (Å²) in [4.78, 5) is 0. The van der Waals surface area contributed by atoms with Gasteiger partial charge in [-0.15, -0.1) is 0 Å². The molecule has 2 aromatic carbocycles. The highest BCUT2D eigenvalue weighted by atomic mass is 16.5. The van der Waals surface area contributed by atoms with Crippen LogP contribution in [0.1, 0.15) is 11.1 Å². The van der Waals surface area contributed by atoms with Crippen LogP contribution < -0.4 is 14.9 Å². The van der Waals surface area contributed by atoms with Gasteiger partial charge in [-0.3, -0.25) is 0 Å². The molecule has 0 spiro atoms. The summed E-state index contributed by atoms with van der Waals surface area (Å²) < 4.78 is 11.0. The van der Waals surface area contributed by atoms with Crippen LogP contribution in [0.2, 0.25) is 0 Å². The van der Waals surface area contributed by atoms with Crippen LogP contribution in [-0.2, 0) is 6.61 Å². The second-order valence-electron chi connectivity index (χ2n) is 4.55. The van der Waals surface area contributed by atoms with Crippen LogP contribution in [0.15, 0.2) is 42.5 Å². The number of aryl methyl sites for hydroxylation is 1. The zero-order valence-corrected chi connectivity index (χ0v) is 11.5. The van der Waals surface area contributed by atoms with E-state index in [0.717, 1.165) is 16.9 Å². The normalized spacial score (nSPS) is 10.2. The molecule has 0 atom stereocenters. The van der Waals surface area contributed by atoms with E-state index in [1.165, 1.54) is 0 Å². The molecule has 104 valence electrons. The lowest BCUT2D eigenvalue weighted by atomic mass is 9.80. The van der Waals surface area contributed by atoms with Crippen LogP contribution in [-0.4, -0.2) is 24.3 Å². The first-order valence-corrected chi connectivity index (χ1v) is 6.32. The summed E-state index contributed by atoms with van der Waals surface area (Å²) in [6.45, 7) is 2.36. The van der Waals surface area contributed by atoms with Crippen molar-refractivity contribution in [2.45, 2.75) is 13.5 Å². The van der Waals surface area contributed by atoms with Crippen LogP contribution in [0.25, 0.3) is 0 Å². The Morgan fingerprint density at radius 3 is 2.60 bits per heavy atom. The van der Waals surface area contributed by atoms with Gasteiger partial charge >= 0.3 is 7.12 Å². The van der Waals surface area contributed by atoms with E-state index in [0.29, 0.717) is 17.8 Å². The van der Waals surface area contributed by atoms with Crippen LogP contribution in [0, 0.1) is 6.92 Å². The molecule has 4 nitrogen and oxygen atoms in total. The molecular formula is C15H17BO4. The zero-order valence-electron chi connectivity index (χ0n) is 11.5. The Morgan fingerprint density at radius 2 is 1.90 bits per heavy atom. The maximum absolute atomic E-state index is 9.13. The molecule has 0 aliphatic heterocycles. The van der Waals surface area contributed by atoms with E-state index < -0.39 is 7.12 Å². The molecule has 2 N–H and O–H groups in total. The van der Waals surface area contributed by atoms with E-state index >= 15 is 0 Å². The fourth-order valence-corrected chi connectivity index (χ4v) is 1.95. The van der Waals surface area contributed by atoms with Gasteiger partial charge in [0.05, 0.1) is 7.11 Å². The Kier molecular flexibility index (Phi) is 4.66. The molecule has 0 saturated carbocycles. The number of methoxy groups -OCH3 is 1. The zero-order chi connectivity index (χ0) is 14.5. The molecule has 0 aromatic heterocycles. The van der Waals surface area contributed by atoms with E-state index in [-0.39, 0.29) is 0 Å². The fourth-order valence-electron chi connectivity index (χ4n) is 1.95. The smallest absolute Gasteiger partial charge is 0.488 e. The van der Waals surface area contributed by atoms with Gasteiger partial charge in [0.2, 0.25) is 0 Å². The second-order valence-corrected chi connectivity index (χ2v) is 4.55. The first-order valence-electron chi connectivity index (χ1n) is 6.32. The Labute approximate surface area is 118 Å². The molecule has 0 fully saturated rings. The Bertz CT molecular complexity index is 584. The molecule has 0 bridgehead atoms. The summed E-state index contributed by atoms with van der Waals surface area (Å²) in [6, 6.07) is 12.6. The Balaban J connectivity index is 2.12. The van der Waals surface area contributed by atoms with Gasteiger partial charge in [-0.05, 0) is 36.7 Å². The average Bonchev–Trinajstić information content (AvgIpc) is 2.45. The van der Waals surface area contributed by atoms with Crippen molar-refractivity contribution < 1.29 is 19.5 Å². The van der Waals surface area contributed by atoms with Crippen molar-refractivity contribution in [2.24, 2.45) is 0 Å². The van der Waals surface area contributed by atoms with Crippen molar-refractivity contribution in [1.29, 1.82) is 0 Å². The molecule has 2 rings (SSSR count). The van der Waals surface area contributed by atoms with Gasteiger partial charge in [0.15, 0.2) is 0 Å². The lowest BCUT2D eigenvalue weighted by molar-refractivity contribution is 0.296. The van der Waals surface area contributed by atoms with Crippen LogP contribution in [0.3, 0.4) is 0 Å². The van der Waals surface area contributed by atoms with Crippen molar-refractivity contribution in [3.63, 3.8) is 0 Å². The van der Waals surface area contributed by atoms with Gasteiger partial charge in [0.25, 0.3) is 0 Å². The summed E-state index contributed by atoms with van der Waals surface area (Å²) >= 11 is 0. The summed E-state index contributed by atoms with van der Waals surface area (Å²) in [6.07, 6.45) is 0. The van der Waals surface area contributed by atoms with Crippen LogP contribution in [0.4, 0.5) is 0 Å². The largest absolute Gasteiger partial charge is 0.496 e. The van der Waals surface area contributed by atoms with Gasteiger partial charge in [0, 0.05) is 5.56 Å². The van der Waals surface area contributed by atoms with Crippen molar-refractivity contribution in [2.75, 3.05) is 7.11 Å². The quantitative estimate of drug-likeness (QED) is 0.804. The van der Waals surface area contributed by atoms with Crippen molar-refractivity contribution in [1.82, 2.24) is 0 Å². The molecule has 5 heteroatoms. The molecule has 2 aromatic rings. The summed E-state index contributed by atoms with van der Waals surface area (Å²) in [5, 5.41) is 18.3. The Hall–Kier alpha value is -1.98. The van der Waals surface area contributed by atoms with E-state index in [9.17, 15) is 0 Å². The van der Waals surface area contributed by atoms with E-state index in [1.807, 2.05) is 25.1 Å². The number of hydrogen-bond acceptors (Lipinski definition) is 4. The highest BCUT2D eigenvalue weighted by molar-refractivity contribution is 6.58. The van der Waals surface area contributed by atoms with Crippen molar-refractivity contribution in [3.05, 3.63) is 53.6 Å². The van der Waals surface area contributed by atoms with Gasteiger partial charge < -0.3 is 19.5 Å². The molecule has 0 heterocycles. The van der Waals surface area contributed by atoms with Crippen LogP contribution >= 0.6 is 0 Å². The lowest BCUT2D eigenvalue weighted by Gasteiger charge is -2.12. The molecule has 20 heavy (non-hydrogen) atoms. The predicted molar refractivity (Wildman–Crippen MR) is 78.3 cm³/mol. The maximum atomic E-state index is 9.13. The van der Waals surface area contributed by atoms with Crippen LogP contribution in [0.5, 0.6) is 11.5 Å². The molecular weight excluding hydrogens is 255 g/mol. The minimum Gasteiger partial charge on any atom is -0.496 e. The predicted octanol–water partition coefficient (Wildman–Crippen LogP) is 1.26. The number of hydrogen-bond donors (Lipinski definition) is 2. The number of benzene rings is 2. The third-order valence-electron chi connectivity index (χ3n) is 2.99. The van der Waals surface area contributed by atoms with E-state index in [1.54, 1.807) is 31.4 Å². The first-order chi connectivity index (χ1) is 9.60. The Morgan fingerprint density at radius 1 is 1.10 bits per heavy atom. The minimum atomic E-state index is -1.49. The molecule has 0 aliphatic carbocycles. The lowest BCUT2D eigenvalue weighted by Crippen LogP contribution is -2.29. The third kappa shape index (κ3) is 3.53. The molecule has 0 aliphatic rings. The van der Waals surface area contributed by atoms with Gasteiger partial charge in [0.1, 0.15) is 18.1 Å². The molecule has 0 saturated heterocycles. The van der Waals surface area contributed by atoms with Gasteiger partial charge in [-0.25, -0.2) is 0 Å². The SMILES string of the molecule is COc1ccc(C)cc1COc1cccc(B(O)O)c1. The van der Waals surface area contributed by atoms with Gasteiger partial charge in [-0.1, -0.05) is 23.8 Å². The third-order valence-corrected chi connectivity index (χ3v) is 2.99. The summed E-state index contributed by atoms with van der Waals surface area (Å²) in [5.74, 6) is 1.35. The maximum Gasteiger partial charge on any atom is 0.488 e. The van der Waals surface area contributed by atoms with Crippen molar-refractivity contribution >= 4 is 12.6 Å². The topological polar surface area (TPSA) is 58.9 Å². The first kappa shape index (κ1) is 14.4. The fraction of sp³-hybridized carbons (Fsp3) is 0.200. The summed E-state index contributed by atoms with van der Waals surface area (Å²) in [5.41, 5.74) is 2.48. The van der Waals surface area contributed by atoms with E-state index in [2.05, 4.69) is 0 Å². The van der Waals surface area contributed by atoms with E-state index in [4.69, 9.17) is 19.5 Å². The van der Waals surface area contributed by atoms with Gasteiger partial charge in [-0.2, -0.15) is 0 Å². The highest BCUT2D eigenvalue weighted by Crippen LogP contribution is 2.21. The monoisotopic (exact) mass is 272 g/mol. The highest BCUT2D eigenvalue weighted by Gasteiger charge is 2.11. The molecule has 0 radical (unpaired) electrons. The second kappa shape index (κ2) is 6.46. The number of ether oxygens (including phenoxy) is 2. The standard InChI is InChI=1S/C15H17BO4/c1-11-6-7-15(19-2)12(8-11)10-20-14-5-3-4-13(9-14)16(17)18/h3-9,17-18H,10H2,1-2H3. The molecule has 0 unspecified atom stereocenters. The number of rotatable bonds is 5. The average molecular weight is 272 g/mol. The van der Waals surface area contributed by atoms with Crippen molar-refractivity contribution in [3.8, 4) is 11.5 Å².